The van der Waals surface area contributed by atoms with Gasteiger partial charge in [0.2, 0.25) is 0 Å². The smallest absolute Gasteiger partial charge is 0.265 e. The molecule has 0 bridgehead atoms. The molecule has 1 aromatic rings. The highest BCUT2D eigenvalue weighted by molar-refractivity contribution is 9.09. The number of rotatable bonds is 1. The average molecular weight is 303 g/mol. The van der Waals surface area contributed by atoms with Gasteiger partial charge < -0.3 is 4.90 Å². The lowest BCUT2D eigenvalue weighted by atomic mass is 10.1. The van der Waals surface area contributed by atoms with Gasteiger partial charge in [0.25, 0.3) is 5.91 Å². The highest BCUT2D eigenvalue weighted by atomic mass is 79.9. The summed E-state index contributed by atoms with van der Waals surface area (Å²) in [6, 6.07) is 0. The number of carbonyl (C=O) groups excluding carboxylic acids is 1. The number of hydrogen-bond acceptors (Lipinski definition) is 3. The summed E-state index contributed by atoms with van der Waals surface area (Å²) in [6.07, 6.45) is 2.24. The van der Waals surface area contributed by atoms with Crippen LogP contribution in [-0.2, 0) is 0 Å². The van der Waals surface area contributed by atoms with Gasteiger partial charge in [-0.15, -0.1) is 11.3 Å². The number of piperidine rings is 1. The summed E-state index contributed by atoms with van der Waals surface area (Å²) >= 11 is 5.09. The second-order valence-corrected chi connectivity index (χ2v) is 6.64. The van der Waals surface area contributed by atoms with Crippen LogP contribution in [0, 0.1) is 13.8 Å². The first kappa shape index (κ1) is 12.0. The van der Waals surface area contributed by atoms with Crippen molar-refractivity contribution in [1.29, 1.82) is 0 Å². The average Bonchev–Trinajstić information content (AvgIpc) is 2.57. The Balaban J connectivity index is 2.15. The largest absolute Gasteiger partial charge is 0.337 e. The molecular weight excluding hydrogens is 288 g/mol. The van der Waals surface area contributed by atoms with E-state index in [1.165, 1.54) is 11.3 Å². The van der Waals surface area contributed by atoms with Crippen LogP contribution in [0.15, 0.2) is 0 Å². The quantitative estimate of drug-likeness (QED) is 0.747. The van der Waals surface area contributed by atoms with Crippen molar-refractivity contribution in [2.24, 2.45) is 0 Å². The highest BCUT2D eigenvalue weighted by Gasteiger charge is 2.25. The van der Waals surface area contributed by atoms with E-state index in [4.69, 9.17) is 0 Å². The Bertz CT molecular complexity index is 405. The summed E-state index contributed by atoms with van der Waals surface area (Å²) in [5, 5.41) is 0.966. The Labute approximate surface area is 108 Å². The van der Waals surface area contributed by atoms with Crippen LogP contribution in [-0.4, -0.2) is 33.7 Å². The van der Waals surface area contributed by atoms with E-state index in [2.05, 4.69) is 20.9 Å². The SMILES string of the molecule is Cc1nc(C)c(C(=O)N2CCCC(Br)C2)s1. The van der Waals surface area contributed by atoms with E-state index in [0.717, 1.165) is 41.5 Å². The number of aromatic nitrogens is 1. The van der Waals surface area contributed by atoms with Gasteiger partial charge >= 0.3 is 0 Å². The van der Waals surface area contributed by atoms with Crippen LogP contribution < -0.4 is 0 Å². The molecule has 0 aliphatic carbocycles. The second-order valence-electron chi connectivity index (χ2n) is 4.14. The number of aryl methyl sites for hydroxylation is 2. The molecule has 0 aromatic carbocycles. The predicted molar refractivity (Wildman–Crippen MR) is 69.4 cm³/mol. The van der Waals surface area contributed by atoms with Crippen LogP contribution in [0.1, 0.15) is 33.2 Å². The summed E-state index contributed by atoms with van der Waals surface area (Å²) in [6.45, 7) is 5.54. The molecule has 1 amide bonds. The first-order valence-corrected chi connectivity index (χ1v) is 7.18. The Morgan fingerprint density at radius 2 is 2.31 bits per heavy atom. The zero-order chi connectivity index (χ0) is 11.7. The molecule has 1 aliphatic heterocycles. The van der Waals surface area contributed by atoms with E-state index >= 15 is 0 Å². The summed E-state index contributed by atoms with van der Waals surface area (Å²) in [5.41, 5.74) is 0.865. The van der Waals surface area contributed by atoms with E-state index in [1.54, 1.807) is 0 Å². The van der Waals surface area contributed by atoms with Gasteiger partial charge in [0.05, 0.1) is 10.7 Å². The highest BCUT2D eigenvalue weighted by Crippen LogP contribution is 2.23. The van der Waals surface area contributed by atoms with Crippen molar-refractivity contribution < 1.29 is 4.79 Å². The van der Waals surface area contributed by atoms with Gasteiger partial charge in [-0.3, -0.25) is 4.79 Å². The fraction of sp³-hybridized carbons (Fsp3) is 0.636. The maximum absolute atomic E-state index is 12.3. The predicted octanol–water partition coefficient (Wildman–Crippen LogP) is 2.76. The van der Waals surface area contributed by atoms with Gasteiger partial charge in [-0.25, -0.2) is 4.98 Å². The third-order valence-electron chi connectivity index (χ3n) is 2.75. The molecule has 5 heteroatoms. The van der Waals surface area contributed by atoms with Crippen LogP contribution in [0.3, 0.4) is 0 Å². The van der Waals surface area contributed by atoms with Gasteiger partial charge in [-0.05, 0) is 26.7 Å². The van der Waals surface area contributed by atoms with Crippen LogP contribution in [0.5, 0.6) is 0 Å². The Hall–Kier alpha value is -0.420. The molecule has 2 heterocycles. The molecule has 1 unspecified atom stereocenters. The first-order chi connectivity index (χ1) is 7.58. The van der Waals surface area contributed by atoms with Crippen molar-refractivity contribution in [3.05, 3.63) is 15.6 Å². The minimum Gasteiger partial charge on any atom is -0.337 e. The van der Waals surface area contributed by atoms with Gasteiger partial charge in [0, 0.05) is 17.9 Å². The minimum atomic E-state index is 0.146. The number of likely N-dealkylation sites (tertiary alicyclic amines) is 1. The summed E-state index contributed by atoms with van der Waals surface area (Å²) in [4.78, 5) is 19.7. The Kier molecular flexibility index (Phi) is 3.64. The molecule has 1 aliphatic rings. The number of halogens is 1. The number of nitrogens with zero attached hydrogens (tertiary/aromatic N) is 2. The second kappa shape index (κ2) is 4.84. The van der Waals surface area contributed by atoms with E-state index < -0.39 is 0 Å². The van der Waals surface area contributed by atoms with Crippen LogP contribution >= 0.6 is 27.3 Å². The molecule has 0 N–H and O–H groups in total. The van der Waals surface area contributed by atoms with Crippen molar-refractivity contribution in [2.45, 2.75) is 31.5 Å². The van der Waals surface area contributed by atoms with Crippen molar-refractivity contribution >= 4 is 33.2 Å². The zero-order valence-corrected chi connectivity index (χ0v) is 11.9. The third-order valence-corrected chi connectivity index (χ3v) is 4.56. The van der Waals surface area contributed by atoms with E-state index in [9.17, 15) is 4.79 Å². The molecule has 3 nitrogen and oxygen atoms in total. The number of hydrogen-bond donors (Lipinski definition) is 0. The molecule has 1 saturated heterocycles. The van der Waals surface area contributed by atoms with Gasteiger partial charge in [0.15, 0.2) is 0 Å². The normalized spacial score (nSPS) is 21.2. The van der Waals surface area contributed by atoms with Crippen LogP contribution in [0.2, 0.25) is 0 Å². The fourth-order valence-corrected chi connectivity index (χ4v) is 3.54. The third kappa shape index (κ3) is 2.46. The molecule has 1 fully saturated rings. The summed E-state index contributed by atoms with van der Waals surface area (Å²) in [7, 11) is 0. The van der Waals surface area contributed by atoms with E-state index in [0.29, 0.717) is 4.83 Å². The molecule has 16 heavy (non-hydrogen) atoms. The van der Waals surface area contributed by atoms with Gasteiger partial charge in [-0.1, -0.05) is 15.9 Å². The lowest BCUT2D eigenvalue weighted by Crippen LogP contribution is -2.40. The van der Waals surface area contributed by atoms with Gasteiger partial charge in [0.1, 0.15) is 4.88 Å². The minimum absolute atomic E-state index is 0.146. The van der Waals surface area contributed by atoms with Crippen LogP contribution in [0.25, 0.3) is 0 Å². The maximum Gasteiger partial charge on any atom is 0.265 e. The summed E-state index contributed by atoms with van der Waals surface area (Å²) in [5.74, 6) is 0.146. The topological polar surface area (TPSA) is 33.2 Å². The molecule has 0 radical (unpaired) electrons. The molecule has 2 rings (SSSR count). The number of amides is 1. The Morgan fingerprint density at radius 1 is 1.56 bits per heavy atom. The number of alkyl halides is 1. The van der Waals surface area contributed by atoms with Crippen molar-refractivity contribution in [3.63, 3.8) is 0 Å². The summed E-state index contributed by atoms with van der Waals surface area (Å²) < 4.78 is 0. The standard InChI is InChI=1S/C11H15BrN2OS/c1-7-10(16-8(2)13-7)11(15)14-5-3-4-9(12)6-14/h9H,3-6H2,1-2H3. The fourth-order valence-electron chi connectivity index (χ4n) is 1.98. The Morgan fingerprint density at radius 3 is 2.88 bits per heavy atom. The van der Waals surface area contributed by atoms with Crippen molar-refractivity contribution in [1.82, 2.24) is 9.88 Å². The monoisotopic (exact) mass is 302 g/mol. The first-order valence-electron chi connectivity index (χ1n) is 5.45. The maximum atomic E-state index is 12.3. The van der Waals surface area contributed by atoms with Crippen molar-refractivity contribution in [3.8, 4) is 0 Å². The molecule has 0 saturated carbocycles. The molecule has 1 atom stereocenters. The number of thiazole rings is 1. The zero-order valence-electron chi connectivity index (χ0n) is 9.49. The molecule has 0 spiro atoms. The lowest BCUT2D eigenvalue weighted by molar-refractivity contribution is 0.0734. The molecule has 88 valence electrons. The van der Waals surface area contributed by atoms with E-state index in [-0.39, 0.29) is 5.91 Å². The van der Waals surface area contributed by atoms with Gasteiger partial charge in [-0.2, -0.15) is 0 Å². The lowest BCUT2D eigenvalue weighted by Gasteiger charge is -2.29. The van der Waals surface area contributed by atoms with Crippen molar-refractivity contribution in [2.75, 3.05) is 13.1 Å². The molecular formula is C11H15BrN2OS. The number of carbonyl (C=O) groups is 1. The van der Waals surface area contributed by atoms with E-state index in [1.807, 2.05) is 18.7 Å². The molecule has 1 aromatic heterocycles. The van der Waals surface area contributed by atoms with Crippen LogP contribution in [0.4, 0.5) is 0 Å².